The Bertz CT molecular complexity index is 228. The summed E-state index contributed by atoms with van der Waals surface area (Å²) in [5, 5.41) is 0.586. The minimum Gasteiger partial charge on any atom is -0.238 e. The smallest absolute Gasteiger partial charge is 0.146 e. The second-order valence-electron chi connectivity index (χ2n) is 2.15. The number of rotatable bonds is 1. The molecular formula is C8H7BrF2. The second-order valence-corrected chi connectivity index (χ2v) is 2.79. The molecule has 0 radical (unpaired) electrons. The summed E-state index contributed by atoms with van der Waals surface area (Å²) in [6, 6.07) is 0. The SMILES string of the molecule is FC1=CC(F)C(=CCBr)C=C1. The van der Waals surface area contributed by atoms with E-state index in [1.165, 1.54) is 12.2 Å². The van der Waals surface area contributed by atoms with Gasteiger partial charge in [0.2, 0.25) is 0 Å². The predicted molar refractivity (Wildman–Crippen MR) is 45.1 cm³/mol. The van der Waals surface area contributed by atoms with E-state index in [2.05, 4.69) is 15.9 Å². The maximum absolute atomic E-state index is 12.8. The Morgan fingerprint density at radius 3 is 2.82 bits per heavy atom. The average molecular weight is 221 g/mol. The standard InChI is InChI=1S/C8H7BrF2/c9-4-3-6-1-2-7(10)5-8(6)11/h1-3,5,8H,4H2. The molecule has 1 rings (SSSR count). The number of halogens is 3. The van der Waals surface area contributed by atoms with Crippen LogP contribution in [0.15, 0.2) is 35.7 Å². The number of hydrogen-bond donors (Lipinski definition) is 0. The summed E-state index contributed by atoms with van der Waals surface area (Å²) in [6.07, 6.45) is 4.03. The maximum atomic E-state index is 12.8. The fourth-order valence-electron chi connectivity index (χ4n) is 0.829. The predicted octanol–water partition coefficient (Wildman–Crippen LogP) is 3.07. The summed E-state index contributed by atoms with van der Waals surface area (Å²) >= 11 is 3.14. The van der Waals surface area contributed by atoms with E-state index in [9.17, 15) is 8.78 Å². The van der Waals surface area contributed by atoms with Crippen molar-refractivity contribution in [2.24, 2.45) is 0 Å². The van der Waals surface area contributed by atoms with Crippen molar-refractivity contribution < 1.29 is 8.78 Å². The molecule has 0 saturated carbocycles. The molecule has 1 aliphatic carbocycles. The summed E-state index contributed by atoms with van der Waals surface area (Å²) < 4.78 is 25.2. The fraction of sp³-hybridized carbons (Fsp3) is 0.250. The van der Waals surface area contributed by atoms with Crippen molar-refractivity contribution in [3.63, 3.8) is 0 Å². The lowest BCUT2D eigenvalue weighted by atomic mass is 10.1. The maximum Gasteiger partial charge on any atom is 0.146 e. The normalized spacial score (nSPS) is 27.4. The van der Waals surface area contributed by atoms with E-state index in [0.717, 1.165) is 6.08 Å². The molecule has 0 aromatic rings. The molecule has 0 saturated heterocycles. The molecule has 0 aliphatic heterocycles. The first kappa shape index (κ1) is 8.65. The van der Waals surface area contributed by atoms with Gasteiger partial charge in [0.1, 0.15) is 12.0 Å². The first-order valence-electron chi connectivity index (χ1n) is 3.19. The first-order valence-corrected chi connectivity index (χ1v) is 4.31. The molecule has 11 heavy (non-hydrogen) atoms. The molecular weight excluding hydrogens is 214 g/mol. The monoisotopic (exact) mass is 220 g/mol. The Morgan fingerprint density at radius 2 is 2.27 bits per heavy atom. The van der Waals surface area contributed by atoms with Crippen molar-refractivity contribution in [2.45, 2.75) is 6.17 Å². The Balaban J connectivity index is 2.77. The van der Waals surface area contributed by atoms with Crippen molar-refractivity contribution in [3.05, 3.63) is 35.7 Å². The third kappa shape index (κ3) is 2.26. The van der Waals surface area contributed by atoms with Crippen molar-refractivity contribution in [1.82, 2.24) is 0 Å². The highest BCUT2D eigenvalue weighted by atomic mass is 79.9. The van der Waals surface area contributed by atoms with Crippen LogP contribution in [0.3, 0.4) is 0 Å². The molecule has 60 valence electrons. The van der Waals surface area contributed by atoms with Crippen molar-refractivity contribution in [1.29, 1.82) is 0 Å². The van der Waals surface area contributed by atoms with E-state index < -0.39 is 12.0 Å². The highest BCUT2D eigenvalue weighted by Crippen LogP contribution is 2.19. The van der Waals surface area contributed by atoms with E-state index in [1.54, 1.807) is 6.08 Å². The average Bonchev–Trinajstić information content (AvgIpc) is 1.95. The van der Waals surface area contributed by atoms with Gasteiger partial charge in [-0.05, 0) is 17.7 Å². The third-order valence-corrected chi connectivity index (χ3v) is 1.70. The van der Waals surface area contributed by atoms with Crippen LogP contribution in [-0.4, -0.2) is 11.5 Å². The van der Waals surface area contributed by atoms with Crippen LogP contribution < -0.4 is 0 Å². The van der Waals surface area contributed by atoms with Crippen LogP contribution >= 0.6 is 15.9 Å². The van der Waals surface area contributed by atoms with Crippen LogP contribution in [0.1, 0.15) is 0 Å². The van der Waals surface area contributed by atoms with Crippen LogP contribution in [0, 0.1) is 0 Å². The van der Waals surface area contributed by atoms with Gasteiger partial charge in [-0.3, -0.25) is 0 Å². The molecule has 1 aliphatic rings. The van der Waals surface area contributed by atoms with Gasteiger partial charge in [-0.2, -0.15) is 0 Å². The molecule has 1 unspecified atom stereocenters. The van der Waals surface area contributed by atoms with E-state index >= 15 is 0 Å². The van der Waals surface area contributed by atoms with Crippen LogP contribution in [0.25, 0.3) is 0 Å². The lowest BCUT2D eigenvalue weighted by Crippen LogP contribution is -2.02. The fourth-order valence-corrected chi connectivity index (χ4v) is 1.20. The molecule has 0 nitrogen and oxygen atoms in total. The quantitative estimate of drug-likeness (QED) is 0.597. The third-order valence-electron chi connectivity index (χ3n) is 1.37. The molecule has 0 spiro atoms. The van der Waals surface area contributed by atoms with Crippen LogP contribution in [0.5, 0.6) is 0 Å². The molecule has 0 N–H and O–H groups in total. The molecule has 0 amide bonds. The van der Waals surface area contributed by atoms with Gasteiger partial charge >= 0.3 is 0 Å². The highest BCUT2D eigenvalue weighted by molar-refractivity contribution is 9.09. The van der Waals surface area contributed by atoms with E-state index in [0.29, 0.717) is 10.9 Å². The van der Waals surface area contributed by atoms with E-state index in [4.69, 9.17) is 0 Å². The minimum atomic E-state index is -1.29. The number of alkyl halides is 2. The summed E-state index contributed by atoms with van der Waals surface area (Å²) in [5.74, 6) is -0.510. The van der Waals surface area contributed by atoms with Gasteiger partial charge in [-0.25, -0.2) is 8.78 Å². The zero-order valence-electron chi connectivity index (χ0n) is 5.73. The van der Waals surface area contributed by atoms with Crippen molar-refractivity contribution in [3.8, 4) is 0 Å². The van der Waals surface area contributed by atoms with Crippen LogP contribution in [0.4, 0.5) is 8.78 Å². The number of allylic oxidation sites excluding steroid dienone is 6. The lowest BCUT2D eigenvalue weighted by Gasteiger charge is -2.07. The zero-order valence-corrected chi connectivity index (χ0v) is 7.31. The Labute approximate surface area is 72.4 Å². The summed E-state index contributed by atoms with van der Waals surface area (Å²) in [5.41, 5.74) is 0.503. The highest BCUT2D eigenvalue weighted by Gasteiger charge is 2.11. The van der Waals surface area contributed by atoms with Gasteiger partial charge in [0, 0.05) is 5.33 Å². The first-order chi connectivity index (χ1) is 5.24. The number of hydrogen-bond acceptors (Lipinski definition) is 0. The molecule has 1 atom stereocenters. The summed E-state index contributed by atoms with van der Waals surface area (Å²) in [6.45, 7) is 0. The van der Waals surface area contributed by atoms with Crippen molar-refractivity contribution >= 4 is 15.9 Å². The lowest BCUT2D eigenvalue weighted by molar-refractivity contribution is 0.444. The molecule has 0 bridgehead atoms. The van der Waals surface area contributed by atoms with Crippen molar-refractivity contribution in [2.75, 3.05) is 5.33 Å². The van der Waals surface area contributed by atoms with Gasteiger partial charge in [0.15, 0.2) is 0 Å². The molecule has 0 heterocycles. The Morgan fingerprint density at radius 1 is 1.55 bits per heavy atom. The molecule has 0 fully saturated rings. The molecule has 0 aromatic heterocycles. The minimum absolute atomic E-state index is 0.503. The van der Waals surface area contributed by atoms with Crippen LogP contribution in [-0.2, 0) is 0 Å². The van der Waals surface area contributed by atoms with Gasteiger partial charge < -0.3 is 0 Å². The summed E-state index contributed by atoms with van der Waals surface area (Å²) in [4.78, 5) is 0. The van der Waals surface area contributed by atoms with E-state index in [-0.39, 0.29) is 0 Å². The van der Waals surface area contributed by atoms with Gasteiger partial charge in [-0.1, -0.05) is 28.1 Å². The zero-order chi connectivity index (χ0) is 8.27. The Kier molecular flexibility index (Phi) is 3.00. The van der Waals surface area contributed by atoms with Gasteiger partial charge in [-0.15, -0.1) is 0 Å². The molecule has 0 aromatic carbocycles. The summed E-state index contributed by atoms with van der Waals surface area (Å²) in [7, 11) is 0. The van der Waals surface area contributed by atoms with Gasteiger partial charge in [0.05, 0.1) is 0 Å². The topological polar surface area (TPSA) is 0 Å². The second kappa shape index (κ2) is 3.81. The van der Waals surface area contributed by atoms with E-state index in [1.807, 2.05) is 0 Å². The van der Waals surface area contributed by atoms with Crippen LogP contribution in [0.2, 0.25) is 0 Å². The Hall–Kier alpha value is -0.440. The van der Waals surface area contributed by atoms with Gasteiger partial charge in [0.25, 0.3) is 0 Å². The molecule has 3 heteroatoms. The largest absolute Gasteiger partial charge is 0.238 e.